The minimum Gasteiger partial charge on any atom is -0.477 e. The van der Waals surface area contributed by atoms with Gasteiger partial charge in [-0.2, -0.15) is 0 Å². The molecule has 2 rings (SSSR count). The first-order valence-electron chi connectivity index (χ1n) is 7.24. The second kappa shape index (κ2) is 8.30. The Hall–Kier alpha value is -1.38. The van der Waals surface area contributed by atoms with Gasteiger partial charge in [-0.25, -0.2) is 14.8 Å². The first-order valence-corrected chi connectivity index (χ1v) is 8.46. The van der Waals surface area contributed by atoms with E-state index >= 15 is 0 Å². The van der Waals surface area contributed by atoms with Crippen molar-refractivity contribution in [2.45, 2.75) is 43.7 Å². The monoisotopic (exact) mass is 327 g/mol. The van der Waals surface area contributed by atoms with Crippen molar-refractivity contribution in [2.75, 3.05) is 24.8 Å². The highest BCUT2D eigenvalue weighted by Gasteiger charge is 2.18. The average molecular weight is 327 g/mol. The minimum atomic E-state index is -1.06. The van der Waals surface area contributed by atoms with E-state index in [4.69, 9.17) is 9.47 Å². The summed E-state index contributed by atoms with van der Waals surface area (Å²) >= 11 is 1.36. The third kappa shape index (κ3) is 4.82. The van der Waals surface area contributed by atoms with Gasteiger partial charge in [0, 0.05) is 18.8 Å². The minimum absolute atomic E-state index is 0.0542. The highest BCUT2D eigenvalue weighted by atomic mass is 32.2. The molecule has 2 atom stereocenters. The molecular weight excluding hydrogens is 306 g/mol. The van der Waals surface area contributed by atoms with E-state index in [2.05, 4.69) is 15.3 Å². The molecule has 1 aliphatic rings. The molecule has 0 spiro atoms. The number of hydrogen-bond acceptors (Lipinski definition) is 7. The van der Waals surface area contributed by atoms with E-state index in [1.807, 2.05) is 13.2 Å². The molecule has 0 bridgehead atoms. The SMILES string of the molecule is CSc1ncc(C(=O)O)c(N[C@H](C)COC2CCCCO2)n1. The van der Waals surface area contributed by atoms with Gasteiger partial charge in [-0.05, 0) is 32.4 Å². The number of nitrogens with one attached hydrogen (secondary N) is 1. The third-order valence-electron chi connectivity index (χ3n) is 3.23. The molecule has 7 nitrogen and oxygen atoms in total. The van der Waals surface area contributed by atoms with Gasteiger partial charge in [-0.3, -0.25) is 0 Å². The van der Waals surface area contributed by atoms with Gasteiger partial charge in [0.15, 0.2) is 11.4 Å². The van der Waals surface area contributed by atoms with E-state index in [9.17, 15) is 9.90 Å². The zero-order valence-corrected chi connectivity index (χ0v) is 13.6. The van der Waals surface area contributed by atoms with Crippen LogP contribution < -0.4 is 5.32 Å². The molecule has 1 saturated heterocycles. The molecule has 122 valence electrons. The van der Waals surface area contributed by atoms with Crippen LogP contribution in [-0.2, 0) is 9.47 Å². The zero-order chi connectivity index (χ0) is 15.9. The van der Waals surface area contributed by atoms with Crippen molar-refractivity contribution in [2.24, 2.45) is 0 Å². The van der Waals surface area contributed by atoms with E-state index in [-0.39, 0.29) is 17.9 Å². The van der Waals surface area contributed by atoms with Gasteiger partial charge in [0.05, 0.1) is 6.61 Å². The van der Waals surface area contributed by atoms with Crippen molar-refractivity contribution < 1.29 is 19.4 Å². The van der Waals surface area contributed by atoms with Crippen LogP contribution in [0.3, 0.4) is 0 Å². The molecular formula is C14H21N3O4S. The van der Waals surface area contributed by atoms with Crippen LogP contribution in [0, 0.1) is 0 Å². The molecule has 2 N–H and O–H groups in total. The van der Waals surface area contributed by atoms with Crippen molar-refractivity contribution in [1.29, 1.82) is 0 Å². The number of carboxylic acid groups (broad SMARTS) is 1. The Morgan fingerprint density at radius 1 is 1.64 bits per heavy atom. The molecule has 0 aromatic carbocycles. The summed E-state index contributed by atoms with van der Waals surface area (Å²) < 4.78 is 11.2. The molecule has 22 heavy (non-hydrogen) atoms. The van der Waals surface area contributed by atoms with Crippen molar-refractivity contribution >= 4 is 23.5 Å². The lowest BCUT2D eigenvalue weighted by Crippen LogP contribution is -2.30. The number of hydrogen-bond donors (Lipinski definition) is 2. The Labute approximate surface area is 133 Å². The van der Waals surface area contributed by atoms with Crippen LogP contribution in [0.4, 0.5) is 5.82 Å². The van der Waals surface area contributed by atoms with Crippen molar-refractivity contribution in [3.05, 3.63) is 11.8 Å². The Bertz CT molecular complexity index is 509. The molecule has 1 aliphatic heterocycles. The van der Waals surface area contributed by atoms with Crippen molar-refractivity contribution in [3.8, 4) is 0 Å². The number of anilines is 1. The summed E-state index contributed by atoms with van der Waals surface area (Å²) in [6.45, 7) is 3.07. The quantitative estimate of drug-likeness (QED) is 0.582. The van der Waals surface area contributed by atoms with Crippen LogP contribution in [0.1, 0.15) is 36.5 Å². The second-order valence-corrected chi connectivity index (χ2v) is 5.87. The number of thioether (sulfide) groups is 1. The fourth-order valence-corrected chi connectivity index (χ4v) is 2.44. The summed E-state index contributed by atoms with van der Waals surface area (Å²) in [5, 5.41) is 12.8. The molecule has 2 heterocycles. The molecule has 1 fully saturated rings. The zero-order valence-electron chi connectivity index (χ0n) is 12.7. The number of carbonyl (C=O) groups is 1. The van der Waals surface area contributed by atoms with E-state index in [0.717, 1.165) is 25.9 Å². The standard InChI is InChI=1S/C14H21N3O4S/c1-9(8-21-11-5-3-4-6-20-11)16-12-10(13(18)19)7-15-14(17-12)22-2/h7,9,11H,3-6,8H2,1-2H3,(H,18,19)(H,15,16,17)/t9-,11?/m1/s1. The number of aromatic nitrogens is 2. The predicted octanol–water partition coefficient (Wildman–Crippen LogP) is 2.24. The summed E-state index contributed by atoms with van der Waals surface area (Å²) in [4.78, 5) is 19.4. The van der Waals surface area contributed by atoms with E-state index in [0.29, 0.717) is 17.6 Å². The van der Waals surface area contributed by atoms with E-state index < -0.39 is 5.97 Å². The lowest BCUT2D eigenvalue weighted by molar-refractivity contribution is -0.163. The second-order valence-electron chi connectivity index (χ2n) is 5.10. The first kappa shape index (κ1) is 17.0. The fraction of sp³-hybridized carbons (Fsp3) is 0.643. The molecule has 0 amide bonds. The highest BCUT2D eigenvalue weighted by molar-refractivity contribution is 7.98. The summed E-state index contributed by atoms with van der Waals surface area (Å²) in [7, 11) is 0. The number of carboxylic acids is 1. The molecule has 0 saturated carbocycles. The molecule has 1 aromatic heterocycles. The number of rotatable bonds is 7. The van der Waals surface area contributed by atoms with Gasteiger partial charge in [-0.15, -0.1) is 0 Å². The van der Waals surface area contributed by atoms with Crippen LogP contribution in [0.25, 0.3) is 0 Å². The van der Waals surface area contributed by atoms with Gasteiger partial charge in [0.25, 0.3) is 0 Å². The lowest BCUT2D eigenvalue weighted by atomic mass is 10.2. The van der Waals surface area contributed by atoms with Gasteiger partial charge in [0.1, 0.15) is 11.4 Å². The molecule has 1 unspecified atom stereocenters. The lowest BCUT2D eigenvalue weighted by Gasteiger charge is -2.25. The summed E-state index contributed by atoms with van der Waals surface area (Å²) in [5.41, 5.74) is 0.0542. The Balaban J connectivity index is 1.94. The van der Waals surface area contributed by atoms with Crippen LogP contribution in [-0.4, -0.2) is 52.8 Å². The fourth-order valence-electron chi connectivity index (χ4n) is 2.10. The third-order valence-corrected chi connectivity index (χ3v) is 3.79. The molecule has 8 heteroatoms. The Morgan fingerprint density at radius 2 is 2.45 bits per heavy atom. The largest absolute Gasteiger partial charge is 0.477 e. The summed E-state index contributed by atoms with van der Waals surface area (Å²) in [6, 6.07) is -0.0896. The maximum atomic E-state index is 11.2. The highest BCUT2D eigenvalue weighted by Crippen LogP contribution is 2.18. The van der Waals surface area contributed by atoms with Gasteiger partial charge in [-0.1, -0.05) is 11.8 Å². The van der Waals surface area contributed by atoms with Gasteiger partial charge >= 0.3 is 5.97 Å². The average Bonchev–Trinajstić information content (AvgIpc) is 2.53. The number of nitrogens with zero attached hydrogens (tertiary/aromatic N) is 2. The van der Waals surface area contributed by atoms with Crippen LogP contribution in [0.5, 0.6) is 0 Å². The van der Waals surface area contributed by atoms with E-state index in [1.165, 1.54) is 18.0 Å². The normalized spacial score (nSPS) is 19.6. The van der Waals surface area contributed by atoms with Crippen molar-refractivity contribution in [1.82, 2.24) is 9.97 Å². The number of aromatic carboxylic acids is 1. The van der Waals surface area contributed by atoms with E-state index in [1.54, 1.807) is 0 Å². The first-order chi connectivity index (χ1) is 10.6. The Kier molecular flexibility index (Phi) is 6.41. The predicted molar refractivity (Wildman–Crippen MR) is 83.4 cm³/mol. The van der Waals surface area contributed by atoms with Gasteiger partial charge in [0.2, 0.25) is 0 Å². The van der Waals surface area contributed by atoms with Crippen LogP contribution in [0.2, 0.25) is 0 Å². The van der Waals surface area contributed by atoms with Crippen molar-refractivity contribution in [3.63, 3.8) is 0 Å². The molecule has 0 radical (unpaired) electrons. The topological polar surface area (TPSA) is 93.6 Å². The molecule has 0 aliphatic carbocycles. The maximum Gasteiger partial charge on any atom is 0.341 e. The van der Waals surface area contributed by atoms with Crippen LogP contribution in [0.15, 0.2) is 11.4 Å². The summed E-state index contributed by atoms with van der Waals surface area (Å²) in [5.74, 6) is -0.744. The number of ether oxygens (including phenoxy) is 2. The summed E-state index contributed by atoms with van der Waals surface area (Å²) in [6.07, 6.45) is 6.08. The smallest absolute Gasteiger partial charge is 0.341 e. The Morgan fingerprint density at radius 3 is 3.09 bits per heavy atom. The molecule has 1 aromatic rings. The maximum absolute atomic E-state index is 11.2. The van der Waals surface area contributed by atoms with Crippen LogP contribution >= 0.6 is 11.8 Å². The van der Waals surface area contributed by atoms with Gasteiger partial charge < -0.3 is 19.9 Å².